The summed E-state index contributed by atoms with van der Waals surface area (Å²) in [6.45, 7) is 10.1. The average Bonchev–Trinajstić information content (AvgIpc) is 2.90. The van der Waals surface area contributed by atoms with Crippen LogP contribution in [0, 0.1) is 10.8 Å². The van der Waals surface area contributed by atoms with Gasteiger partial charge in [-0.1, -0.05) is 26.8 Å². The van der Waals surface area contributed by atoms with E-state index < -0.39 is 0 Å². The molecule has 0 N–H and O–H groups in total. The van der Waals surface area contributed by atoms with E-state index in [1.165, 1.54) is 0 Å². The number of likely N-dealkylation sites (tertiary alicyclic amines) is 1. The molecule has 1 aromatic heterocycles. The number of aromatic nitrogens is 1. The molecule has 6 nitrogen and oxygen atoms in total. The molecule has 3 heterocycles. The van der Waals surface area contributed by atoms with E-state index >= 15 is 0 Å². The summed E-state index contributed by atoms with van der Waals surface area (Å²) in [5.74, 6) is 0.303. The predicted octanol–water partition coefficient (Wildman–Crippen LogP) is 2.16. The molecule has 1 aliphatic carbocycles. The van der Waals surface area contributed by atoms with Gasteiger partial charge in [-0.3, -0.25) is 9.59 Å². The fourth-order valence-electron chi connectivity index (χ4n) is 5.63. The lowest BCUT2D eigenvalue weighted by atomic mass is 9.65. The summed E-state index contributed by atoms with van der Waals surface area (Å²) in [4.78, 5) is 36.0. The van der Waals surface area contributed by atoms with Gasteiger partial charge in [-0.2, -0.15) is 0 Å². The summed E-state index contributed by atoms with van der Waals surface area (Å²) < 4.78 is 0. The highest BCUT2D eigenvalue weighted by Crippen LogP contribution is 2.52. The standard InChI is InChI=1S/C21H30N4O2/c1-20(2)12-16-13-21(3,14-20)15-25(16)19(27)18(26)24-10-8-23(9-11-24)17-6-4-5-7-22-17/h4-7,16H,8-15H2,1-3H3. The number of carbonyl (C=O) groups is 2. The third-order valence-electron chi connectivity index (χ3n) is 6.40. The fourth-order valence-corrected chi connectivity index (χ4v) is 5.63. The molecule has 4 rings (SSSR count). The molecule has 27 heavy (non-hydrogen) atoms. The monoisotopic (exact) mass is 370 g/mol. The van der Waals surface area contributed by atoms with Crippen molar-refractivity contribution in [2.45, 2.75) is 46.1 Å². The lowest BCUT2D eigenvalue weighted by Crippen LogP contribution is -2.54. The van der Waals surface area contributed by atoms with Gasteiger partial charge in [-0.05, 0) is 42.2 Å². The molecule has 6 heteroatoms. The summed E-state index contributed by atoms with van der Waals surface area (Å²) in [5, 5.41) is 0. The number of hydrogen-bond acceptors (Lipinski definition) is 4. The molecule has 1 aromatic rings. The Balaban J connectivity index is 1.39. The molecule has 0 radical (unpaired) electrons. The Morgan fingerprint density at radius 3 is 2.44 bits per heavy atom. The van der Waals surface area contributed by atoms with Gasteiger partial charge in [0.1, 0.15) is 5.82 Å². The maximum Gasteiger partial charge on any atom is 0.312 e. The van der Waals surface area contributed by atoms with Crippen LogP contribution in [-0.2, 0) is 9.59 Å². The summed E-state index contributed by atoms with van der Waals surface area (Å²) in [5.41, 5.74) is 0.393. The maximum atomic E-state index is 13.0. The number of anilines is 1. The zero-order valence-electron chi connectivity index (χ0n) is 16.6. The van der Waals surface area contributed by atoms with Crippen molar-refractivity contribution in [1.82, 2.24) is 14.8 Å². The van der Waals surface area contributed by atoms with Gasteiger partial charge in [0.05, 0.1) is 0 Å². The smallest absolute Gasteiger partial charge is 0.312 e. The first-order chi connectivity index (χ1) is 12.8. The van der Waals surface area contributed by atoms with E-state index in [9.17, 15) is 9.59 Å². The second-order valence-corrected chi connectivity index (χ2v) is 9.61. The first-order valence-corrected chi connectivity index (χ1v) is 10.0. The van der Waals surface area contributed by atoms with Crippen LogP contribution in [0.15, 0.2) is 24.4 Å². The number of carbonyl (C=O) groups excluding carboxylic acids is 2. The van der Waals surface area contributed by atoms with Crippen LogP contribution < -0.4 is 4.90 Å². The van der Waals surface area contributed by atoms with E-state index in [0.717, 1.165) is 31.6 Å². The predicted molar refractivity (Wildman–Crippen MR) is 104 cm³/mol. The second kappa shape index (κ2) is 6.50. The number of pyridine rings is 1. The van der Waals surface area contributed by atoms with E-state index in [4.69, 9.17) is 0 Å². The molecule has 2 atom stereocenters. The topological polar surface area (TPSA) is 56.8 Å². The Morgan fingerprint density at radius 2 is 1.78 bits per heavy atom. The Morgan fingerprint density at radius 1 is 1.04 bits per heavy atom. The van der Waals surface area contributed by atoms with E-state index in [2.05, 4.69) is 30.7 Å². The third kappa shape index (κ3) is 3.54. The molecular formula is C21H30N4O2. The Bertz CT molecular complexity index is 727. The van der Waals surface area contributed by atoms with Crippen LogP contribution in [-0.4, -0.2) is 65.4 Å². The van der Waals surface area contributed by atoms with Gasteiger partial charge in [-0.15, -0.1) is 0 Å². The van der Waals surface area contributed by atoms with Crippen LogP contribution in [0.5, 0.6) is 0 Å². The second-order valence-electron chi connectivity index (χ2n) is 9.61. The van der Waals surface area contributed by atoms with Gasteiger partial charge in [0.15, 0.2) is 0 Å². The van der Waals surface area contributed by atoms with Crippen molar-refractivity contribution < 1.29 is 9.59 Å². The average molecular weight is 370 g/mol. The van der Waals surface area contributed by atoms with Crippen molar-refractivity contribution in [2.75, 3.05) is 37.6 Å². The summed E-state index contributed by atoms with van der Waals surface area (Å²) in [6.07, 6.45) is 4.93. The Labute approximate surface area is 161 Å². The highest BCUT2D eigenvalue weighted by Gasteiger charge is 2.52. The number of amides is 2. The quantitative estimate of drug-likeness (QED) is 0.711. The minimum absolute atomic E-state index is 0.153. The molecule has 2 bridgehead atoms. The minimum Gasteiger partial charge on any atom is -0.353 e. The van der Waals surface area contributed by atoms with Crippen molar-refractivity contribution in [3.8, 4) is 0 Å². The van der Waals surface area contributed by atoms with E-state index in [1.54, 1.807) is 11.1 Å². The van der Waals surface area contributed by atoms with Crippen molar-refractivity contribution in [3.05, 3.63) is 24.4 Å². The van der Waals surface area contributed by atoms with Crippen LogP contribution in [0.4, 0.5) is 5.82 Å². The van der Waals surface area contributed by atoms with Gasteiger partial charge < -0.3 is 14.7 Å². The van der Waals surface area contributed by atoms with Gasteiger partial charge in [0.2, 0.25) is 0 Å². The molecule has 3 aliphatic rings. The van der Waals surface area contributed by atoms with Crippen LogP contribution in [0.25, 0.3) is 0 Å². The SMILES string of the molecule is CC1(C)CC2CC(C)(CN2C(=O)C(=O)N2CCN(c3ccccn3)CC2)C1. The molecule has 0 spiro atoms. The molecule has 2 amide bonds. The van der Waals surface area contributed by atoms with Gasteiger partial charge >= 0.3 is 11.8 Å². The molecule has 2 aliphatic heterocycles. The Hall–Kier alpha value is -2.11. The van der Waals surface area contributed by atoms with Crippen molar-refractivity contribution in [2.24, 2.45) is 10.8 Å². The lowest BCUT2D eigenvalue weighted by Gasteiger charge is -2.39. The molecule has 3 fully saturated rings. The number of fused-ring (bicyclic) bond motifs is 2. The molecular weight excluding hydrogens is 340 g/mol. The van der Waals surface area contributed by atoms with E-state index in [0.29, 0.717) is 26.2 Å². The van der Waals surface area contributed by atoms with E-state index in [-0.39, 0.29) is 28.7 Å². The van der Waals surface area contributed by atoms with Crippen LogP contribution in [0.1, 0.15) is 40.0 Å². The highest BCUT2D eigenvalue weighted by molar-refractivity contribution is 6.35. The fraction of sp³-hybridized carbons (Fsp3) is 0.667. The number of nitrogens with zero attached hydrogens (tertiary/aromatic N) is 4. The molecule has 2 unspecified atom stereocenters. The summed E-state index contributed by atoms with van der Waals surface area (Å²) >= 11 is 0. The van der Waals surface area contributed by atoms with Gasteiger partial charge in [-0.25, -0.2) is 4.98 Å². The molecule has 2 saturated heterocycles. The maximum absolute atomic E-state index is 13.0. The van der Waals surface area contributed by atoms with Crippen LogP contribution in [0.3, 0.4) is 0 Å². The first-order valence-electron chi connectivity index (χ1n) is 10.0. The Kier molecular flexibility index (Phi) is 4.40. The van der Waals surface area contributed by atoms with E-state index in [1.807, 2.05) is 23.1 Å². The highest BCUT2D eigenvalue weighted by atomic mass is 16.2. The number of hydrogen-bond donors (Lipinski definition) is 0. The zero-order chi connectivity index (χ0) is 19.2. The molecule has 146 valence electrons. The number of piperazine rings is 1. The van der Waals surface area contributed by atoms with Crippen molar-refractivity contribution >= 4 is 17.6 Å². The summed E-state index contributed by atoms with van der Waals surface area (Å²) in [7, 11) is 0. The molecule has 1 saturated carbocycles. The zero-order valence-corrected chi connectivity index (χ0v) is 16.6. The van der Waals surface area contributed by atoms with Crippen LogP contribution in [0.2, 0.25) is 0 Å². The minimum atomic E-state index is -0.329. The largest absolute Gasteiger partial charge is 0.353 e. The van der Waals surface area contributed by atoms with Crippen LogP contribution >= 0.6 is 0 Å². The third-order valence-corrected chi connectivity index (χ3v) is 6.40. The lowest BCUT2D eigenvalue weighted by molar-refractivity contribution is -0.152. The van der Waals surface area contributed by atoms with Gasteiger partial charge in [0.25, 0.3) is 0 Å². The normalized spacial score (nSPS) is 29.7. The molecule has 0 aromatic carbocycles. The first kappa shape index (κ1) is 18.3. The van der Waals surface area contributed by atoms with Gasteiger partial charge in [0, 0.05) is 45.0 Å². The number of rotatable bonds is 1. The van der Waals surface area contributed by atoms with Crippen molar-refractivity contribution in [3.63, 3.8) is 0 Å². The van der Waals surface area contributed by atoms with Crippen molar-refractivity contribution in [1.29, 1.82) is 0 Å². The summed E-state index contributed by atoms with van der Waals surface area (Å²) in [6, 6.07) is 6.06.